The predicted octanol–water partition coefficient (Wildman–Crippen LogP) is 3.60. The number of urea groups is 1. The minimum atomic E-state index is -0.230. The number of piperazine rings is 1. The standard InChI is InChI=1S/C18H23FN4OS/c19-13-6-7-15-16(12-13)25-18(21-15)23-10-8-22(9-11-23)17(24)20-14-4-2-1-3-5-14/h6-7,12,14H,1-5,8-11H2,(H,20,24). The number of thiazole rings is 1. The van der Waals surface area contributed by atoms with Crippen molar-refractivity contribution in [3.05, 3.63) is 24.0 Å². The maximum Gasteiger partial charge on any atom is 0.317 e. The fourth-order valence-corrected chi connectivity index (χ4v) is 4.68. The molecule has 2 fully saturated rings. The Bertz CT molecular complexity index is 751. The summed E-state index contributed by atoms with van der Waals surface area (Å²) in [6, 6.07) is 5.11. The van der Waals surface area contributed by atoms with Crippen LogP contribution in [0.1, 0.15) is 32.1 Å². The molecule has 0 unspecified atom stereocenters. The second-order valence-corrected chi connectivity index (χ2v) is 7.88. The molecule has 0 atom stereocenters. The van der Waals surface area contributed by atoms with Crippen molar-refractivity contribution in [2.24, 2.45) is 0 Å². The van der Waals surface area contributed by atoms with Crippen LogP contribution in [0.25, 0.3) is 10.2 Å². The number of halogens is 1. The van der Waals surface area contributed by atoms with E-state index in [4.69, 9.17) is 0 Å². The molecule has 25 heavy (non-hydrogen) atoms. The van der Waals surface area contributed by atoms with E-state index in [1.54, 1.807) is 6.07 Å². The Morgan fingerprint density at radius 1 is 1.16 bits per heavy atom. The van der Waals surface area contributed by atoms with Crippen molar-refractivity contribution < 1.29 is 9.18 Å². The Labute approximate surface area is 150 Å². The molecule has 0 bridgehead atoms. The first-order valence-corrected chi connectivity index (χ1v) is 9.87. The zero-order valence-corrected chi connectivity index (χ0v) is 15.0. The van der Waals surface area contributed by atoms with Crippen LogP contribution in [0.4, 0.5) is 14.3 Å². The summed E-state index contributed by atoms with van der Waals surface area (Å²) in [6.07, 6.45) is 5.94. The number of rotatable bonds is 2. The molecule has 1 saturated carbocycles. The van der Waals surface area contributed by atoms with Gasteiger partial charge in [0, 0.05) is 32.2 Å². The average molecular weight is 362 g/mol. The van der Waals surface area contributed by atoms with Crippen molar-refractivity contribution >= 4 is 32.7 Å². The highest BCUT2D eigenvalue weighted by Gasteiger charge is 2.25. The topological polar surface area (TPSA) is 48.5 Å². The van der Waals surface area contributed by atoms with Crippen molar-refractivity contribution in [2.75, 3.05) is 31.1 Å². The SMILES string of the molecule is O=C(NC1CCCCC1)N1CCN(c2nc3ccc(F)cc3s2)CC1. The van der Waals surface area contributed by atoms with Gasteiger partial charge in [-0.15, -0.1) is 0 Å². The molecule has 134 valence electrons. The lowest BCUT2D eigenvalue weighted by atomic mass is 9.96. The van der Waals surface area contributed by atoms with Crippen molar-refractivity contribution in [1.82, 2.24) is 15.2 Å². The number of nitrogens with zero attached hydrogens (tertiary/aromatic N) is 3. The number of amides is 2. The van der Waals surface area contributed by atoms with E-state index in [0.717, 1.165) is 41.3 Å². The van der Waals surface area contributed by atoms with Crippen LogP contribution in [0.3, 0.4) is 0 Å². The summed E-state index contributed by atoms with van der Waals surface area (Å²) < 4.78 is 14.2. The molecule has 1 aliphatic carbocycles. The van der Waals surface area contributed by atoms with E-state index < -0.39 is 0 Å². The third-order valence-electron chi connectivity index (χ3n) is 5.11. The molecule has 2 aliphatic rings. The molecule has 5 nitrogen and oxygen atoms in total. The second-order valence-electron chi connectivity index (χ2n) is 6.87. The molecule has 2 heterocycles. The zero-order valence-electron chi connectivity index (χ0n) is 14.2. The summed E-state index contributed by atoms with van der Waals surface area (Å²) in [5.74, 6) is -0.230. The molecule has 1 aromatic heterocycles. The molecule has 0 spiro atoms. The van der Waals surface area contributed by atoms with E-state index in [9.17, 15) is 9.18 Å². The van der Waals surface area contributed by atoms with Crippen LogP contribution in [0, 0.1) is 5.82 Å². The summed E-state index contributed by atoms with van der Waals surface area (Å²) in [5, 5.41) is 4.09. The van der Waals surface area contributed by atoms with Crippen LogP contribution < -0.4 is 10.2 Å². The van der Waals surface area contributed by atoms with Gasteiger partial charge < -0.3 is 15.1 Å². The quantitative estimate of drug-likeness (QED) is 0.888. The molecule has 1 N–H and O–H groups in total. The van der Waals surface area contributed by atoms with Gasteiger partial charge in [0.15, 0.2) is 5.13 Å². The van der Waals surface area contributed by atoms with Crippen molar-refractivity contribution in [3.8, 4) is 0 Å². The number of carbonyl (C=O) groups excluding carboxylic acids is 1. The summed E-state index contributed by atoms with van der Waals surface area (Å²) >= 11 is 1.51. The van der Waals surface area contributed by atoms with E-state index in [0.29, 0.717) is 19.1 Å². The summed E-state index contributed by atoms with van der Waals surface area (Å²) in [7, 11) is 0. The van der Waals surface area contributed by atoms with Gasteiger partial charge in [0.25, 0.3) is 0 Å². The van der Waals surface area contributed by atoms with Crippen LogP contribution in [0.5, 0.6) is 0 Å². The number of hydrogen-bond acceptors (Lipinski definition) is 4. The van der Waals surface area contributed by atoms with Gasteiger partial charge in [0.2, 0.25) is 0 Å². The van der Waals surface area contributed by atoms with Crippen LogP contribution in [0.15, 0.2) is 18.2 Å². The Morgan fingerprint density at radius 3 is 2.68 bits per heavy atom. The maximum absolute atomic E-state index is 13.3. The number of nitrogens with one attached hydrogen (secondary N) is 1. The third kappa shape index (κ3) is 3.71. The van der Waals surface area contributed by atoms with Gasteiger partial charge in [-0.3, -0.25) is 0 Å². The first-order chi connectivity index (χ1) is 12.2. The van der Waals surface area contributed by atoms with Gasteiger partial charge >= 0.3 is 6.03 Å². The second kappa shape index (κ2) is 7.15. The molecule has 2 amide bonds. The lowest BCUT2D eigenvalue weighted by Gasteiger charge is -2.35. The number of fused-ring (bicyclic) bond motifs is 1. The first-order valence-electron chi connectivity index (χ1n) is 9.05. The van der Waals surface area contributed by atoms with Crippen molar-refractivity contribution in [1.29, 1.82) is 0 Å². The van der Waals surface area contributed by atoms with Crippen LogP contribution >= 0.6 is 11.3 Å². The van der Waals surface area contributed by atoms with E-state index in [1.165, 1.54) is 42.7 Å². The lowest BCUT2D eigenvalue weighted by Crippen LogP contribution is -2.53. The number of carbonyl (C=O) groups is 1. The molecule has 1 aromatic carbocycles. The molecule has 1 aliphatic heterocycles. The number of anilines is 1. The van der Waals surface area contributed by atoms with Crippen molar-refractivity contribution in [3.63, 3.8) is 0 Å². The van der Waals surface area contributed by atoms with Gasteiger partial charge in [-0.1, -0.05) is 30.6 Å². The molecule has 4 rings (SSSR count). The highest BCUT2D eigenvalue weighted by Crippen LogP contribution is 2.30. The molecule has 0 radical (unpaired) electrons. The molecule has 1 saturated heterocycles. The largest absolute Gasteiger partial charge is 0.345 e. The summed E-state index contributed by atoms with van der Waals surface area (Å²) in [4.78, 5) is 21.1. The summed E-state index contributed by atoms with van der Waals surface area (Å²) in [5.41, 5.74) is 0.832. The fraction of sp³-hybridized carbons (Fsp3) is 0.556. The number of benzene rings is 1. The minimum Gasteiger partial charge on any atom is -0.345 e. The Kier molecular flexibility index (Phi) is 4.74. The van der Waals surface area contributed by atoms with E-state index in [2.05, 4.69) is 15.2 Å². The Hall–Kier alpha value is -1.89. The summed E-state index contributed by atoms with van der Waals surface area (Å²) in [6.45, 7) is 2.92. The predicted molar refractivity (Wildman–Crippen MR) is 98.8 cm³/mol. The van der Waals surface area contributed by atoms with E-state index in [1.807, 2.05) is 4.90 Å². The molecule has 7 heteroatoms. The van der Waals surface area contributed by atoms with Gasteiger partial charge in [-0.05, 0) is 31.0 Å². The zero-order chi connectivity index (χ0) is 17.2. The van der Waals surface area contributed by atoms with E-state index in [-0.39, 0.29) is 11.8 Å². The van der Waals surface area contributed by atoms with Crippen LogP contribution in [0.2, 0.25) is 0 Å². The Morgan fingerprint density at radius 2 is 1.92 bits per heavy atom. The smallest absolute Gasteiger partial charge is 0.317 e. The minimum absolute atomic E-state index is 0.0675. The molecular weight excluding hydrogens is 339 g/mol. The van der Waals surface area contributed by atoms with E-state index >= 15 is 0 Å². The highest BCUT2D eigenvalue weighted by molar-refractivity contribution is 7.22. The van der Waals surface area contributed by atoms with Gasteiger partial charge in [-0.25, -0.2) is 14.2 Å². The number of hydrogen-bond donors (Lipinski definition) is 1. The highest BCUT2D eigenvalue weighted by atomic mass is 32.1. The molecule has 2 aromatic rings. The molecular formula is C18H23FN4OS. The fourth-order valence-electron chi connectivity index (χ4n) is 3.64. The van der Waals surface area contributed by atoms with Crippen LogP contribution in [-0.2, 0) is 0 Å². The third-order valence-corrected chi connectivity index (χ3v) is 6.19. The van der Waals surface area contributed by atoms with Gasteiger partial charge in [-0.2, -0.15) is 0 Å². The number of aromatic nitrogens is 1. The lowest BCUT2D eigenvalue weighted by molar-refractivity contribution is 0.186. The average Bonchev–Trinajstić information content (AvgIpc) is 3.06. The van der Waals surface area contributed by atoms with Gasteiger partial charge in [0.1, 0.15) is 5.82 Å². The maximum atomic E-state index is 13.3. The van der Waals surface area contributed by atoms with Crippen LogP contribution in [-0.4, -0.2) is 48.1 Å². The Balaban J connectivity index is 1.34. The monoisotopic (exact) mass is 362 g/mol. The first kappa shape index (κ1) is 16.6. The normalized spacial score (nSPS) is 19.4. The van der Waals surface area contributed by atoms with Gasteiger partial charge in [0.05, 0.1) is 10.2 Å². The van der Waals surface area contributed by atoms with Crippen molar-refractivity contribution in [2.45, 2.75) is 38.1 Å².